The van der Waals surface area contributed by atoms with Gasteiger partial charge in [-0.3, -0.25) is 14.8 Å². The summed E-state index contributed by atoms with van der Waals surface area (Å²) in [7, 11) is 0. The first-order chi connectivity index (χ1) is 10.2. The quantitative estimate of drug-likeness (QED) is 0.889. The van der Waals surface area contributed by atoms with Crippen LogP contribution in [0.4, 0.5) is 0 Å². The number of H-pyrrole nitrogens is 2. The van der Waals surface area contributed by atoms with Gasteiger partial charge < -0.3 is 4.98 Å². The van der Waals surface area contributed by atoms with Crippen molar-refractivity contribution < 1.29 is 0 Å². The van der Waals surface area contributed by atoms with Crippen LogP contribution < -0.4 is 5.56 Å². The predicted octanol–water partition coefficient (Wildman–Crippen LogP) is 1.31. The smallest absolute Gasteiger partial charge is 0.255 e. The van der Waals surface area contributed by atoms with Gasteiger partial charge in [0.05, 0.1) is 17.0 Å². The van der Waals surface area contributed by atoms with Crippen molar-refractivity contribution in [2.75, 3.05) is 6.54 Å². The molecule has 0 atom stereocenters. The molecular formula is C15H21N5O. The number of aromatic nitrogens is 4. The van der Waals surface area contributed by atoms with Gasteiger partial charge in [-0.15, -0.1) is 0 Å². The molecule has 0 fully saturated rings. The second kappa shape index (κ2) is 5.81. The highest BCUT2D eigenvalue weighted by atomic mass is 16.1. The maximum atomic E-state index is 12.2. The number of hydrogen-bond donors (Lipinski definition) is 2. The Morgan fingerprint density at radius 2 is 2.29 bits per heavy atom. The van der Waals surface area contributed by atoms with Crippen LogP contribution in [0.3, 0.4) is 0 Å². The summed E-state index contributed by atoms with van der Waals surface area (Å²) in [6, 6.07) is 2.04. The monoisotopic (exact) mass is 287 g/mol. The topological polar surface area (TPSA) is 77.7 Å². The van der Waals surface area contributed by atoms with Crippen LogP contribution in [-0.2, 0) is 25.9 Å². The van der Waals surface area contributed by atoms with E-state index >= 15 is 0 Å². The molecule has 3 heterocycles. The Bertz CT molecular complexity index is 688. The SMILES string of the molecule is CCCc1nc2c(c(=O)[nH]1)CN(Cc1cc(C)[nH]n1)CC2. The average Bonchev–Trinajstić information content (AvgIpc) is 2.85. The lowest BCUT2D eigenvalue weighted by Gasteiger charge is -2.26. The van der Waals surface area contributed by atoms with Crippen molar-refractivity contribution >= 4 is 0 Å². The molecule has 0 spiro atoms. The van der Waals surface area contributed by atoms with Crippen LogP contribution in [0.2, 0.25) is 0 Å². The highest BCUT2D eigenvalue weighted by Gasteiger charge is 2.21. The zero-order valence-electron chi connectivity index (χ0n) is 12.6. The van der Waals surface area contributed by atoms with Crippen molar-refractivity contribution in [1.82, 2.24) is 25.1 Å². The number of aryl methyl sites for hydroxylation is 2. The molecule has 2 N–H and O–H groups in total. The first kappa shape index (κ1) is 14.0. The molecule has 1 aliphatic rings. The second-order valence-electron chi connectivity index (χ2n) is 5.69. The van der Waals surface area contributed by atoms with Gasteiger partial charge in [0.2, 0.25) is 0 Å². The fraction of sp³-hybridized carbons (Fsp3) is 0.533. The lowest BCUT2D eigenvalue weighted by molar-refractivity contribution is 0.238. The second-order valence-corrected chi connectivity index (χ2v) is 5.69. The molecule has 0 saturated heterocycles. The molecule has 2 aromatic heterocycles. The van der Waals surface area contributed by atoms with Crippen LogP contribution in [0, 0.1) is 6.92 Å². The largest absolute Gasteiger partial charge is 0.310 e. The lowest BCUT2D eigenvalue weighted by atomic mass is 10.1. The molecule has 6 nitrogen and oxygen atoms in total. The van der Waals surface area contributed by atoms with Crippen LogP contribution in [0.1, 0.15) is 41.8 Å². The summed E-state index contributed by atoms with van der Waals surface area (Å²) in [5.41, 5.74) is 3.88. The van der Waals surface area contributed by atoms with Crippen molar-refractivity contribution in [2.24, 2.45) is 0 Å². The predicted molar refractivity (Wildman–Crippen MR) is 80.0 cm³/mol. The highest BCUT2D eigenvalue weighted by molar-refractivity contribution is 5.21. The van der Waals surface area contributed by atoms with E-state index in [9.17, 15) is 4.79 Å². The van der Waals surface area contributed by atoms with Crippen molar-refractivity contribution in [1.29, 1.82) is 0 Å². The first-order valence-corrected chi connectivity index (χ1v) is 7.50. The number of rotatable bonds is 4. The van der Waals surface area contributed by atoms with Gasteiger partial charge in [0.1, 0.15) is 5.82 Å². The van der Waals surface area contributed by atoms with Gasteiger partial charge in [-0.05, 0) is 19.4 Å². The van der Waals surface area contributed by atoms with Gasteiger partial charge in [0, 0.05) is 38.2 Å². The van der Waals surface area contributed by atoms with E-state index in [1.807, 2.05) is 13.0 Å². The summed E-state index contributed by atoms with van der Waals surface area (Å²) in [5.74, 6) is 0.817. The molecule has 112 valence electrons. The third kappa shape index (κ3) is 3.05. The third-order valence-electron chi connectivity index (χ3n) is 3.83. The van der Waals surface area contributed by atoms with Crippen molar-refractivity contribution in [3.05, 3.63) is 44.9 Å². The molecule has 2 aromatic rings. The van der Waals surface area contributed by atoms with Crippen LogP contribution in [-0.4, -0.2) is 31.6 Å². The Morgan fingerprint density at radius 3 is 3.00 bits per heavy atom. The maximum Gasteiger partial charge on any atom is 0.255 e. The zero-order chi connectivity index (χ0) is 14.8. The van der Waals surface area contributed by atoms with Gasteiger partial charge in [0.15, 0.2) is 0 Å². The van der Waals surface area contributed by atoms with Crippen molar-refractivity contribution in [3.8, 4) is 0 Å². The van der Waals surface area contributed by atoms with E-state index in [2.05, 4.69) is 32.0 Å². The Morgan fingerprint density at radius 1 is 1.43 bits per heavy atom. The van der Waals surface area contributed by atoms with E-state index in [1.165, 1.54) is 0 Å². The Balaban J connectivity index is 1.77. The van der Waals surface area contributed by atoms with Gasteiger partial charge in [-0.25, -0.2) is 4.98 Å². The van der Waals surface area contributed by atoms with Gasteiger partial charge >= 0.3 is 0 Å². The fourth-order valence-electron chi connectivity index (χ4n) is 2.81. The Hall–Kier alpha value is -1.95. The molecule has 1 aliphatic heterocycles. The molecule has 0 unspecified atom stereocenters. The third-order valence-corrected chi connectivity index (χ3v) is 3.83. The highest BCUT2D eigenvalue weighted by Crippen LogP contribution is 2.16. The van der Waals surface area contributed by atoms with Crippen molar-refractivity contribution in [2.45, 2.75) is 46.2 Å². The van der Waals surface area contributed by atoms with E-state index in [0.29, 0.717) is 6.54 Å². The Labute approximate surface area is 123 Å². The molecular weight excluding hydrogens is 266 g/mol. The van der Waals surface area contributed by atoms with Crippen molar-refractivity contribution in [3.63, 3.8) is 0 Å². The zero-order valence-corrected chi connectivity index (χ0v) is 12.6. The number of nitrogens with zero attached hydrogens (tertiary/aromatic N) is 3. The number of nitrogens with one attached hydrogen (secondary N) is 2. The number of fused-ring (bicyclic) bond motifs is 1. The maximum absolute atomic E-state index is 12.2. The minimum Gasteiger partial charge on any atom is -0.310 e. The number of hydrogen-bond acceptors (Lipinski definition) is 4. The van der Waals surface area contributed by atoms with Gasteiger partial charge in [0.25, 0.3) is 5.56 Å². The van der Waals surface area contributed by atoms with E-state index < -0.39 is 0 Å². The summed E-state index contributed by atoms with van der Waals surface area (Å²) in [4.78, 5) is 22.0. The Kier molecular flexibility index (Phi) is 3.88. The molecule has 0 saturated carbocycles. The summed E-state index contributed by atoms with van der Waals surface area (Å²) in [6.45, 7) is 6.41. The molecule has 21 heavy (non-hydrogen) atoms. The average molecular weight is 287 g/mol. The summed E-state index contributed by atoms with van der Waals surface area (Å²) >= 11 is 0. The summed E-state index contributed by atoms with van der Waals surface area (Å²) < 4.78 is 0. The van der Waals surface area contributed by atoms with Crippen LogP contribution >= 0.6 is 0 Å². The van der Waals surface area contributed by atoms with Crippen LogP contribution in [0.5, 0.6) is 0 Å². The molecule has 0 amide bonds. The normalized spacial score (nSPS) is 15.1. The van der Waals surface area contributed by atoms with Gasteiger partial charge in [-0.2, -0.15) is 5.10 Å². The number of aromatic amines is 2. The molecule has 6 heteroatoms. The minimum atomic E-state index is 0.0198. The van der Waals surface area contributed by atoms with E-state index in [1.54, 1.807) is 0 Å². The van der Waals surface area contributed by atoms with E-state index in [-0.39, 0.29) is 5.56 Å². The summed E-state index contributed by atoms with van der Waals surface area (Å²) in [5, 5.41) is 7.21. The molecule has 3 rings (SSSR count). The standard InChI is InChI=1S/C15H21N5O/c1-3-4-14-16-13-5-6-20(9-12(13)15(21)17-14)8-11-7-10(2)18-19-11/h7H,3-6,8-9H2,1-2H3,(H,18,19)(H,16,17,21). The van der Waals surface area contributed by atoms with E-state index in [0.717, 1.165) is 60.8 Å². The summed E-state index contributed by atoms with van der Waals surface area (Å²) in [6.07, 6.45) is 2.66. The van der Waals surface area contributed by atoms with Crippen LogP contribution in [0.25, 0.3) is 0 Å². The van der Waals surface area contributed by atoms with Gasteiger partial charge in [-0.1, -0.05) is 6.92 Å². The minimum absolute atomic E-state index is 0.0198. The van der Waals surface area contributed by atoms with E-state index in [4.69, 9.17) is 0 Å². The molecule has 0 radical (unpaired) electrons. The fourth-order valence-corrected chi connectivity index (χ4v) is 2.81. The molecule has 0 aliphatic carbocycles. The first-order valence-electron chi connectivity index (χ1n) is 7.50. The van der Waals surface area contributed by atoms with Crippen LogP contribution in [0.15, 0.2) is 10.9 Å². The molecule has 0 aromatic carbocycles. The molecule has 0 bridgehead atoms. The lowest BCUT2D eigenvalue weighted by Crippen LogP contribution is -2.35.